The Hall–Kier alpha value is -1.00. The fourth-order valence-electron chi connectivity index (χ4n) is 3.17. The molecule has 2 aliphatic rings. The fourth-order valence-corrected chi connectivity index (χ4v) is 4.30. The Kier molecular flexibility index (Phi) is 2.87. The highest BCUT2D eigenvalue weighted by molar-refractivity contribution is 8.00. The molecule has 3 nitrogen and oxygen atoms in total. The van der Waals surface area contributed by atoms with E-state index in [9.17, 15) is 4.79 Å². The smallest absolute Gasteiger partial charge is 0.260 e. The first kappa shape index (κ1) is 12.1. The number of para-hydroxylation sites is 1. The molecule has 0 aromatic heterocycles. The van der Waals surface area contributed by atoms with Gasteiger partial charge in [0, 0.05) is 12.8 Å². The van der Waals surface area contributed by atoms with Gasteiger partial charge in [0.25, 0.3) is 5.91 Å². The molecule has 3 rings (SSSR count). The maximum absolute atomic E-state index is 12.3. The van der Waals surface area contributed by atoms with Crippen LogP contribution in [0.15, 0.2) is 24.3 Å². The van der Waals surface area contributed by atoms with Gasteiger partial charge in [-0.2, -0.15) is 0 Å². The van der Waals surface area contributed by atoms with Crippen LogP contribution in [-0.4, -0.2) is 30.2 Å². The summed E-state index contributed by atoms with van der Waals surface area (Å²) in [5.74, 6) is 0.0983. The van der Waals surface area contributed by atoms with Crippen LogP contribution in [0.4, 0.5) is 5.69 Å². The molecule has 2 atom stereocenters. The van der Waals surface area contributed by atoms with Gasteiger partial charge < -0.3 is 4.74 Å². The number of anilines is 1. The molecule has 0 N–H and O–H groups in total. The highest BCUT2D eigenvalue weighted by Crippen LogP contribution is 2.51. The van der Waals surface area contributed by atoms with Gasteiger partial charge in [0.15, 0.2) is 6.10 Å². The average Bonchev–Trinajstić information content (AvgIpc) is 2.53. The van der Waals surface area contributed by atoms with E-state index >= 15 is 0 Å². The largest absolute Gasteiger partial charge is 0.368 e. The number of carbonyl (C=O) groups is 1. The second-order valence-corrected chi connectivity index (χ2v) is 5.94. The molecule has 0 saturated carbocycles. The summed E-state index contributed by atoms with van der Waals surface area (Å²) in [6.45, 7) is 0. The van der Waals surface area contributed by atoms with Crippen molar-refractivity contribution < 1.29 is 9.53 Å². The Morgan fingerprint density at radius 1 is 1.44 bits per heavy atom. The van der Waals surface area contributed by atoms with Crippen LogP contribution in [0.2, 0.25) is 0 Å². The van der Waals surface area contributed by atoms with E-state index < -0.39 is 0 Å². The molecule has 96 valence electrons. The summed E-state index contributed by atoms with van der Waals surface area (Å²) in [6.07, 6.45) is 4.91. The van der Waals surface area contributed by atoms with Gasteiger partial charge in [-0.1, -0.05) is 18.2 Å². The van der Waals surface area contributed by atoms with Crippen LogP contribution >= 0.6 is 11.8 Å². The van der Waals surface area contributed by atoms with Crippen molar-refractivity contribution in [2.24, 2.45) is 0 Å². The van der Waals surface area contributed by atoms with Crippen molar-refractivity contribution in [3.8, 4) is 0 Å². The van der Waals surface area contributed by atoms with E-state index in [0.29, 0.717) is 0 Å². The van der Waals surface area contributed by atoms with Gasteiger partial charge in [-0.3, -0.25) is 9.69 Å². The third kappa shape index (κ3) is 1.39. The number of amides is 1. The zero-order chi connectivity index (χ0) is 12.8. The number of nitrogens with zero attached hydrogens (tertiary/aromatic N) is 1. The van der Waals surface area contributed by atoms with Crippen LogP contribution in [0.3, 0.4) is 0 Å². The van der Waals surface area contributed by atoms with Crippen molar-refractivity contribution in [1.29, 1.82) is 0 Å². The molecule has 0 radical (unpaired) electrons. The van der Waals surface area contributed by atoms with Crippen molar-refractivity contribution in [2.75, 3.05) is 18.3 Å². The highest BCUT2D eigenvalue weighted by Gasteiger charge is 2.61. The standard InChI is InChI=1S/C14H17NO2S/c1-17-12-13(16)15-11-8-4-3-6-10(11)7-5-9-14(12,15)18-2/h3-4,6,8,12H,5,7,9H2,1-2H3. The van der Waals surface area contributed by atoms with Gasteiger partial charge >= 0.3 is 0 Å². The van der Waals surface area contributed by atoms with Crippen LogP contribution in [0, 0.1) is 0 Å². The summed E-state index contributed by atoms with van der Waals surface area (Å²) in [7, 11) is 1.63. The van der Waals surface area contributed by atoms with Gasteiger partial charge in [-0.15, -0.1) is 11.8 Å². The number of ether oxygens (including phenoxy) is 1. The molecule has 4 heteroatoms. The monoisotopic (exact) mass is 263 g/mol. The molecular weight excluding hydrogens is 246 g/mol. The topological polar surface area (TPSA) is 29.5 Å². The summed E-state index contributed by atoms with van der Waals surface area (Å²) < 4.78 is 5.42. The summed E-state index contributed by atoms with van der Waals surface area (Å²) in [4.78, 5) is 14.1. The van der Waals surface area contributed by atoms with E-state index in [1.165, 1.54) is 5.56 Å². The lowest BCUT2D eigenvalue weighted by Gasteiger charge is -2.55. The van der Waals surface area contributed by atoms with Gasteiger partial charge in [-0.25, -0.2) is 0 Å². The van der Waals surface area contributed by atoms with E-state index in [4.69, 9.17) is 4.74 Å². The molecule has 1 saturated heterocycles. The zero-order valence-corrected chi connectivity index (χ0v) is 11.5. The van der Waals surface area contributed by atoms with Crippen LogP contribution in [0.25, 0.3) is 0 Å². The molecule has 0 aliphatic carbocycles. The van der Waals surface area contributed by atoms with Crippen molar-refractivity contribution in [1.82, 2.24) is 0 Å². The Morgan fingerprint density at radius 3 is 2.94 bits per heavy atom. The second kappa shape index (κ2) is 4.28. The first-order chi connectivity index (χ1) is 8.74. The van der Waals surface area contributed by atoms with Crippen molar-refractivity contribution in [2.45, 2.75) is 30.2 Å². The van der Waals surface area contributed by atoms with Gasteiger partial charge in [-0.05, 0) is 37.1 Å². The van der Waals surface area contributed by atoms with E-state index in [1.54, 1.807) is 18.9 Å². The number of hydrogen-bond acceptors (Lipinski definition) is 3. The molecule has 0 spiro atoms. The predicted octanol–water partition coefficient (Wildman–Crippen LogP) is 2.44. The number of aryl methyl sites for hydroxylation is 1. The first-order valence-electron chi connectivity index (χ1n) is 6.24. The normalized spacial score (nSPS) is 30.2. The number of benzene rings is 1. The second-order valence-electron chi connectivity index (χ2n) is 4.82. The summed E-state index contributed by atoms with van der Waals surface area (Å²) >= 11 is 1.74. The Bertz CT molecular complexity index is 490. The van der Waals surface area contributed by atoms with Crippen LogP contribution in [-0.2, 0) is 16.0 Å². The average molecular weight is 263 g/mol. The predicted molar refractivity (Wildman–Crippen MR) is 73.9 cm³/mol. The highest BCUT2D eigenvalue weighted by atomic mass is 32.2. The minimum Gasteiger partial charge on any atom is -0.368 e. The quantitative estimate of drug-likeness (QED) is 0.768. The molecular formula is C14H17NO2S. The number of rotatable bonds is 2. The zero-order valence-electron chi connectivity index (χ0n) is 10.7. The molecule has 1 amide bonds. The molecule has 1 aromatic rings. The summed E-state index contributed by atoms with van der Waals surface area (Å²) in [5.41, 5.74) is 2.35. The minimum atomic E-state index is -0.293. The number of fused-ring (bicyclic) bond motifs is 3. The van der Waals surface area contributed by atoms with E-state index in [0.717, 1.165) is 24.9 Å². The fraction of sp³-hybridized carbons (Fsp3) is 0.500. The minimum absolute atomic E-state index is 0.0983. The first-order valence-corrected chi connectivity index (χ1v) is 7.47. The number of hydrogen-bond donors (Lipinski definition) is 0. The lowest BCUT2D eigenvalue weighted by Crippen LogP contribution is -2.73. The number of thioether (sulfide) groups is 1. The van der Waals surface area contributed by atoms with Crippen molar-refractivity contribution >= 4 is 23.4 Å². The van der Waals surface area contributed by atoms with Crippen molar-refractivity contribution in [3.63, 3.8) is 0 Å². The maximum Gasteiger partial charge on any atom is 0.260 e. The third-order valence-electron chi connectivity index (χ3n) is 4.04. The SMILES string of the molecule is COC1C(=O)N2c3ccccc3CCCC12SC. The molecule has 18 heavy (non-hydrogen) atoms. The molecule has 2 unspecified atom stereocenters. The van der Waals surface area contributed by atoms with Gasteiger partial charge in [0.05, 0.1) is 0 Å². The lowest BCUT2D eigenvalue weighted by atomic mass is 9.92. The molecule has 1 fully saturated rings. The summed E-state index contributed by atoms with van der Waals surface area (Å²) in [6, 6.07) is 8.22. The van der Waals surface area contributed by atoms with Gasteiger partial charge in [0.2, 0.25) is 0 Å². The number of methoxy groups -OCH3 is 1. The third-order valence-corrected chi connectivity index (χ3v) is 5.34. The van der Waals surface area contributed by atoms with E-state index in [1.807, 2.05) is 17.0 Å². The van der Waals surface area contributed by atoms with E-state index in [-0.39, 0.29) is 16.9 Å². The van der Waals surface area contributed by atoms with Crippen molar-refractivity contribution in [3.05, 3.63) is 29.8 Å². The lowest BCUT2D eigenvalue weighted by molar-refractivity contribution is -0.141. The maximum atomic E-state index is 12.3. The van der Waals surface area contributed by atoms with Gasteiger partial charge in [0.1, 0.15) is 4.87 Å². The molecule has 1 aromatic carbocycles. The molecule has 2 aliphatic heterocycles. The van der Waals surface area contributed by atoms with Crippen LogP contribution in [0.1, 0.15) is 18.4 Å². The molecule has 0 bridgehead atoms. The van der Waals surface area contributed by atoms with Crippen LogP contribution < -0.4 is 4.90 Å². The van der Waals surface area contributed by atoms with E-state index in [2.05, 4.69) is 18.4 Å². The summed E-state index contributed by atoms with van der Waals surface area (Å²) in [5, 5.41) is 0. The molecule has 2 heterocycles. The Morgan fingerprint density at radius 2 is 2.22 bits per heavy atom. The Balaban J connectivity index is 2.10. The number of β-lactam (4-membered cyclic amide) rings is 1. The van der Waals surface area contributed by atoms with Crippen LogP contribution in [0.5, 0.6) is 0 Å². The number of carbonyl (C=O) groups excluding carboxylic acids is 1. The Labute approximate surface area is 111 Å².